The van der Waals surface area contributed by atoms with E-state index in [1.54, 1.807) is 6.92 Å². The molecule has 0 saturated carbocycles. The molecule has 0 aliphatic carbocycles. The van der Waals surface area contributed by atoms with E-state index in [4.69, 9.17) is 13.3 Å². The minimum atomic E-state index is -3.27. The van der Waals surface area contributed by atoms with Crippen LogP contribution in [0.2, 0.25) is 0 Å². The van der Waals surface area contributed by atoms with Gasteiger partial charge in [0.05, 0.1) is 0 Å². The Morgan fingerprint density at radius 3 is 2.00 bits per heavy atom. The molecule has 0 aromatic carbocycles. The van der Waals surface area contributed by atoms with Gasteiger partial charge < -0.3 is 18.4 Å². The zero-order chi connectivity index (χ0) is 11.2. The molecule has 0 saturated heterocycles. The maximum Gasteiger partial charge on any atom is 0.538 e. The van der Waals surface area contributed by atoms with Crippen LogP contribution >= 0.6 is 0 Å². The van der Waals surface area contributed by atoms with Crippen LogP contribution in [0.15, 0.2) is 12.2 Å². The smallest absolute Gasteiger partial charge is 0.381 e. The Balaban J connectivity index is 4.74. The first-order valence-electron chi connectivity index (χ1n) is 4.08. The van der Waals surface area contributed by atoms with Gasteiger partial charge in [-0.1, -0.05) is 6.08 Å². The van der Waals surface area contributed by atoms with Crippen LogP contribution in [0.4, 0.5) is 0 Å². The summed E-state index contributed by atoms with van der Waals surface area (Å²) in [6.45, 7) is 1.68. The maximum atomic E-state index is 11.3. The Labute approximate surface area is 84.7 Å². The number of carbonyl (C=O) groups is 1. The lowest BCUT2D eigenvalue weighted by molar-refractivity contribution is -0.121. The summed E-state index contributed by atoms with van der Waals surface area (Å²) >= 11 is 0. The third kappa shape index (κ3) is 2.73. The summed E-state index contributed by atoms with van der Waals surface area (Å²) in [5.41, 5.74) is -1.38. The van der Waals surface area contributed by atoms with Crippen LogP contribution in [0.1, 0.15) is 6.92 Å². The summed E-state index contributed by atoms with van der Waals surface area (Å²) in [6.07, 6.45) is 2.79. The molecule has 1 unspecified atom stereocenters. The predicted octanol–water partition coefficient (Wildman–Crippen LogP) is -0.0902. The van der Waals surface area contributed by atoms with Gasteiger partial charge in [0.15, 0.2) is 11.5 Å². The molecule has 82 valence electrons. The summed E-state index contributed by atoms with van der Waals surface area (Å²) in [5, 5.41) is 9.65. The van der Waals surface area contributed by atoms with Crippen molar-refractivity contribution in [2.24, 2.45) is 0 Å². The van der Waals surface area contributed by atoms with Crippen LogP contribution in [-0.4, -0.2) is 46.8 Å². The molecule has 5 nitrogen and oxygen atoms in total. The fourth-order valence-corrected chi connectivity index (χ4v) is 2.63. The van der Waals surface area contributed by atoms with E-state index < -0.39 is 20.3 Å². The lowest BCUT2D eigenvalue weighted by atomic mass is 10.4. The Hall–Kier alpha value is -0.533. The Morgan fingerprint density at radius 1 is 1.29 bits per heavy atom. The fourth-order valence-electron chi connectivity index (χ4n) is 1.01. The molecule has 0 aromatic rings. The number of aliphatic hydroxyl groups excluding tert-OH is 1. The molecule has 0 aliphatic heterocycles. The number of allylic oxidation sites excluding steroid dienone is 1. The molecular formula is C8H16O5Si. The molecule has 0 fully saturated rings. The van der Waals surface area contributed by atoms with E-state index in [2.05, 4.69) is 0 Å². The summed E-state index contributed by atoms with van der Waals surface area (Å²) < 4.78 is 14.9. The average Bonchev–Trinajstić information content (AvgIpc) is 2.21. The first-order valence-corrected chi connectivity index (χ1v) is 5.88. The number of carbonyl (C=O) groups excluding carboxylic acids is 1. The topological polar surface area (TPSA) is 65.0 Å². The van der Waals surface area contributed by atoms with Crippen molar-refractivity contribution in [1.82, 2.24) is 0 Å². The van der Waals surface area contributed by atoms with E-state index >= 15 is 0 Å². The number of hydrogen-bond acceptors (Lipinski definition) is 5. The predicted molar refractivity (Wildman–Crippen MR) is 52.6 cm³/mol. The van der Waals surface area contributed by atoms with Gasteiger partial charge in [-0.2, -0.15) is 0 Å². The van der Waals surface area contributed by atoms with Gasteiger partial charge >= 0.3 is 8.80 Å². The minimum Gasteiger partial charge on any atom is -0.381 e. The number of aliphatic hydroxyl groups is 1. The molecule has 14 heavy (non-hydrogen) atoms. The molecule has 0 spiro atoms. The second-order valence-corrected chi connectivity index (χ2v) is 5.50. The van der Waals surface area contributed by atoms with Gasteiger partial charge in [0.1, 0.15) is 0 Å². The molecule has 0 amide bonds. The first kappa shape index (κ1) is 13.5. The van der Waals surface area contributed by atoms with Crippen LogP contribution in [0.25, 0.3) is 0 Å². The molecular weight excluding hydrogens is 204 g/mol. The van der Waals surface area contributed by atoms with Gasteiger partial charge in [-0.3, -0.25) is 4.79 Å². The van der Waals surface area contributed by atoms with Crippen LogP contribution in [0.3, 0.4) is 0 Å². The van der Waals surface area contributed by atoms with Crippen molar-refractivity contribution in [2.75, 3.05) is 21.3 Å². The molecule has 1 atom stereocenters. The minimum absolute atomic E-state index is 0.482. The molecule has 0 aliphatic rings. The summed E-state index contributed by atoms with van der Waals surface area (Å²) in [4.78, 5) is 11.3. The van der Waals surface area contributed by atoms with Gasteiger partial charge in [-0.05, 0) is 13.0 Å². The second kappa shape index (κ2) is 6.05. The van der Waals surface area contributed by atoms with Crippen molar-refractivity contribution in [3.8, 4) is 0 Å². The standard InChI is InChI=1S/C8H16O5Si/c1-5-6-7(9)8(10)14(11-2,12-3)13-4/h5-6,8,10H,1-4H3. The van der Waals surface area contributed by atoms with Gasteiger partial charge in [0.2, 0.25) is 0 Å². The Morgan fingerprint density at radius 2 is 1.71 bits per heavy atom. The average molecular weight is 220 g/mol. The van der Waals surface area contributed by atoms with Crippen LogP contribution in [0, 0.1) is 0 Å². The molecule has 0 radical (unpaired) electrons. The second-order valence-electron chi connectivity index (χ2n) is 2.52. The maximum absolute atomic E-state index is 11.3. The first-order chi connectivity index (χ1) is 6.57. The lowest BCUT2D eigenvalue weighted by Crippen LogP contribution is -2.57. The van der Waals surface area contributed by atoms with E-state index in [1.165, 1.54) is 33.5 Å². The fraction of sp³-hybridized carbons (Fsp3) is 0.625. The van der Waals surface area contributed by atoms with Crippen LogP contribution in [0.5, 0.6) is 0 Å². The summed E-state index contributed by atoms with van der Waals surface area (Å²) in [7, 11) is 0.750. The number of hydrogen-bond donors (Lipinski definition) is 1. The van der Waals surface area contributed by atoms with Crippen molar-refractivity contribution in [2.45, 2.75) is 12.7 Å². The van der Waals surface area contributed by atoms with Crippen molar-refractivity contribution < 1.29 is 23.2 Å². The highest BCUT2D eigenvalue weighted by molar-refractivity contribution is 6.66. The van der Waals surface area contributed by atoms with Crippen LogP contribution < -0.4 is 0 Å². The molecule has 6 heteroatoms. The van der Waals surface area contributed by atoms with E-state index in [-0.39, 0.29) is 0 Å². The Bertz CT molecular complexity index is 204. The van der Waals surface area contributed by atoms with Gasteiger partial charge in [0, 0.05) is 21.3 Å². The van der Waals surface area contributed by atoms with Crippen molar-refractivity contribution in [3.05, 3.63) is 12.2 Å². The van der Waals surface area contributed by atoms with Crippen molar-refractivity contribution in [3.63, 3.8) is 0 Å². The zero-order valence-corrected chi connectivity index (χ0v) is 9.81. The third-order valence-electron chi connectivity index (χ3n) is 1.79. The van der Waals surface area contributed by atoms with E-state index in [1.807, 2.05) is 0 Å². The number of rotatable bonds is 6. The van der Waals surface area contributed by atoms with Gasteiger partial charge in [-0.25, -0.2) is 0 Å². The SMILES string of the molecule is CC=CC(=O)C(O)[Si](OC)(OC)OC. The monoisotopic (exact) mass is 220 g/mol. The molecule has 0 aromatic heterocycles. The molecule has 0 heterocycles. The van der Waals surface area contributed by atoms with E-state index in [0.717, 1.165) is 0 Å². The normalized spacial score (nSPS) is 14.6. The largest absolute Gasteiger partial charge is 0.538 e. The highest BCUT2D eigenvalue weighted by atomic mass is 28.4. The Kier molecular flexibility index (Phi) is 5.82. The highest BCUT2D eigenvalue weighted by Gasteiger charge is 2.50. The highest BCUT2D eigenvalue weighted by Crippen LogP contribution is 2.12. The van der Waals surface area contributed by atoms with Gasteiger partial charge in [0.25, 0.3) is 0 Å². The number of ketones is 1. The quantitative estimate of drug-likeness (QED) is 0.500. The van der Waals surface area contributed by atoms with Crippen molar-refractivity contribution in [1.29, 1.82) is 0 Å². The van der Waals surface area contributed by atoms with Crippen LogP contribution in [-0.2, 0) is 18.1 Å². The van der Waals surface area contributed by atoms with Crippen molar-refractivity contribution >= 4 is 14.6 Å². The van der Waals surface area contributed by atoms with Gasteiger partial charge in [-0.15, -0.1) is 0 Å². The summed E-state index contributed by atoms with van der Waals surface area (Å²) in [5.74, 6) is -0.482. The zero-order valence-electron chi connectivity index (χ0n) is 8.81. The third-order valence-corrected chi connectivity index (χ3v) is 4.45. The lowest BCUT2D eigenvalue weighted by Gasteiger charge is -2.27. The van der Waals surface area contributed by atoms with E-state index in [0.29, 0.717) is 0 Å². The molecule has 0 bridgehead atoms. The molecule has 1 N–H and O–H groups in total. The van der Waals surface area contributed by atoms with E-state index in [9.17, 15) is 9.90 Å². The molecule has 0 rings (SSSR count). The summed E-state index contributed by atoms with van der Waals surface area (Å²) in [6, 6.07) is 0.